The normalized spacial score (nSPS) is 10.7. The van der Waals surface area contributed by atoms with Crippen molar-refractivity contribution in [1.29, 1.82) is 0 Å². The predicted molar refractivity (Wildman–Crippen MR) is 74.3 cm³/mol. The number of nitrogens with one attached hydrogen (secondary N) is 1. The maximum atomic E-state index is 4.61. The van der Waals surface area contributed by atoms with Crippen LogP contribution in [0.3, 0.4) is 0 Å². The lowest BCUT2D eigenvalue weighted by molar-refractivity contribution is 0.667. The molecule has 1 aromatic carbocycles. The Morgan fingerprint density at radius 2 is 1.79 bits per heavy atom. The van der Waals surface area contributed by atoms with Crippen molar-refractivity contribution in [2.45, 2.75) is 13.1 Å². The van der Waals surface area contributed by atoms with Crippen LogP contribution in [0.15, 0.2) is 55.0 Å². The molecule has 0 aliphatic rings. The molecule has 19 heavy (non-hydrogen) atoms. The highest BCUT2D eigenvalue weighted by Gasteiger charge is 1.98. The summed E-state index contributed by atoms with van der Waals surface area (Å²) in [5.41, 5.74) is 3.05. The van der Waals surface area contributed by atoms with Gasteiger partial charge in [-0.05, 0) is 18.2 Å². The number of benzene rings is 1. The first-order chi connectivity index (χ1) is 9.42. The van der Waals surface area contributed by atoms with Gasteiger partial charge in [-0.25, -0.2) is 9.97 Å². The molecule has 0 unspecified atom stereocenters. The topological polar surface area (TPSA) is 50.7 Å². The lowest BCUT2D eigenvalue weighted by Gasteiger charge is -2.05. The Kier molecular flexibility index (Phi) is 3.42. The lowest BCUT2D eigenvalue weighted by atomic mass is 10.2. The van der Waals surface area contributed by atoms with E-state index >= 15 is 0 Å². The molecular weight excluding hydrogens is 236 g/mol. The molecule has 0 radical (unpaired) electrons. The Labute approximate surface area is 111 Å². The number of rotatable bonds is 4. The highest BCUT2D eigenvalue weighted by Crippen LogP contribution is 2.11. The molecule has 2 heterocycles. The Morgan fingerprint density at radius 3 is 2.68 bits per heavy atom. The SMILES string of the molecule is c1ccc2nc(CNCc3ccncn3)ccc2c1. The number of nitrogens with zero attached hydrogens (tertiary/aromatic N) is 3. The molecule has 1 N–H and O–H groups in total. The van der Waals surface area contributed by atoms with E-state index in [0.29, 0.717) is 0 Å². The second kappa shape index (κ2) is 5.54. The molecule has 94 valence electrons. The molecule has 0 atom stereocenters. The van der Waals surface area contributed by atoms with Gasteiger partial charge in [0.05, 0.1) is 16.9 Å². The number of fused-ring (bicyclic) bond motifs is 1. The Hall–Kier alpha value is -2.33. The molecule has 0 bridgehead atoms. The molecule has 3 rings (SSSR count). The van der Waals surface area contributed by atoms with E-state index in [2.05, 4.69) is 38.5 Å². The Balaban J connectivity index is 1.65. The van der Waals surface area contributed by atoms with Crippen molar-refractivity contribution in [3.63, 3.8) is 0 Å². The van der Waals surface area contributed by atoms with Crippen LogP contribution in [0.25, 0.3) is 10.9 Å². The van der Waals surface area contributed by atoms with Gasteiger partial charge in [0, 0.05) is 24.7 Å². The quantitative estimate of drug-likeness (QED) is 0.772. The number of pyridine rings is 1. The largest absolute Gasteiger partial charge is 0.306 e. The van der Waals surface area contributed by atoms with Crippen LogP contribution in [0.1, 0.15) is 11.4 Å². The van der Waals surface area contributed by atoms with E-state index < -0.39 is 0 Å². The van der Waals surface area contributed by atoms with Gasteiger partial charge >= 0.3 is 0 Å². The smallest absolute Gasteiger partial charge is 0.115 e. The third kappa shape index (κ3) is 2.92. The molecule has 0 aliphatic carbocycles. The number of para-hydroxylation sites is 1. The summed E-state index contributed by atoms with van der Waals surface area (Å²) >= 11 is 0. The van der Waals surface area contributed by atoms with Gasteiger partial charge in [-0.15, -0.1) is 0 Å². The monoisotopic (exact) mass is 250 g/mol. The lowest BCUT2D eigenvalue weighted by Crippen LogP contribution is -2.14. The average molecular weight is 250 g/mol. The molecule has 0 aliphatic heterocycles. The number of hydrogen-bond donors (Lipinski definition) is 1. The molecule has 0 saturated carbocycles. The van der Waals surface area contributed by atoms with Gasteiger partial charge in [0.25, 0.3) is 0 Å². The first kappa shape index (κ1) is 11.7. The summed E-state index contributed by atoms with van der Waals surface area (Å²) in [7, 11) is 0. The third-order valence-electron chi connectivity index (χ3n) is 2.91. The summed E-state index contributed by atoms with van der Waals surface area (Å²) in [6.07, 6.45) is 3.31. The zero-order chi connectivity index (χ0) is 12.9. The molecule has 0 amide bonds. The van der Waals surface area contributed by atoms with E-state index in [1.54, 1.807) is 12.5 Å². The van der Waals surface area contributed by atoms with Crippen molar-refractivity contribution in [2.75, 3.05) is 0 Å². The van der Waals surface area contributed by atoms with E-state index in [1.165, 1.54) is 5.39 Å². The summed E-state index contributed by atoms with van der Waals surface area (Å²) in [4.78, 5) is 12.7. The standard InChI is InChI=1S/C15H14N4/c1-2-4-15-12(3-1)5-6-14(19-15)10-17-9-13-7-8-16-11-18-13/h1-8,11,17H,9-10H2. The van der Waals surface area contributed by atoms with Crippen LogP contribution < -0.4 is 5.32 Å². The second-order valence-electron chi connectivity index (χ2n) is 4.30. The summed E-state index contributed by atoms with van der Waals surface area (Å²) in [5.74, 6) is 0. The third-order valence-corrected chi connectivity index (χ3v) is 2.91. The first-order valence-electron chi connectivity index (χ1n) is 6.22. The van der Waals surface area contributed by atoms with Crippen LogP contribution in [0, 0.1) is 0 Å². The molecule has 2 aromatic heterocycles. The molecule has 4 nitrogen and oxygen atoms in total. The second-order valence-corrected chi connectivity index (χ2v) is 4.30. The van der Waals surface area contributed by atoms with Crippen LogP contribution in [0.4, 0.5) is 0 Å². The summed E-state index contributed by atoms with van der Waals surface area (Å²) in [5, 5.41) is 4.50. The predicted octanol–water partition coefficient (Wildman–Crippen LogP) is 2.31. The Morgan fingerprint density at radius 1 is 0.895 bits per heavy atom. The van der Waals surface area contributed by atoms with Crippen LogP contribution in [0.5, 0.6) is 0 Å². The Bertz CT molecular complexity index is 667. The van der Waals surface area contributed by atoms with E-state index in [4.69, 9.17) is 0 Å². The highest BCUT2D eigenvalue weighted by molar-refractivity contribution is 5.78. The van der Waals surface area contributed by atoms with Gasteiger partial charge in [-0.3, -0.25) is 4.98 Å². The van der Waals surface area contributed by atoms with Gasteiger partial charge in [-0.2, -0.15) is 0 Å². The maximum Gasteiger partial charge on any atom is 0.115 e. The molecule has 3 aromatic rings. The van der Waals surface area contributed by atoms with Gasteiger partial charge in [0.1, 0.15) is 6.33 Å². The zero-order valence-electron chi connectivity index (χ0n) is 10.5. The first-order valence-corrected chi connectivity index (χ1v) is 6.22. The van der Waals surface area contributed by atoms with Crippen molar-refractivity contribution >= 4 is 10.9 Å². The van der Waals surface area contributed by atoms with Crippen molar-refractivity contribution in [2.24, 2.45) is 0 Å². The van der Waals surface area contributed by atoms with Crippen molar-refractivity contribution in [3.8, 4) is 0 Å². The molecule has 0 fully saturated rings. The summed E-state index contributed by atoms with van der Waals surface area (Å²) < 4.78 is 0. The molecule has 0 spiro atoms. The number of hydrogen-bond acceptors (Lipinski definition) is 4. The van der Waals surface area contributed by atoms with Gasteiger partial charge in [-0.1, -0.05) is 24.3 Å². The molecular formula is C15H14N4. The van der Waals surface area contributed by atoms with E-state index in [-0.39, 0.29) is 0 Å². The van der Waals surface area contributed by atoms with Crippen LogP contribution >= 0.6 is 0 Å². The van der Waals surface area contributed by atoms with Gasteiger partial charge in [0.2, 0.25) is 0 Å². The summed E-state index contributed by atoms with van der Waals surface area (Å²) in [6, 6.07) is 14.2. The van der Waals surface area contributed by atoms with Crippen LogP contribution in [0.2, 0.25) is 0 Å². The van der Waals surface area contributed by atoms with Gasteiger partial charge < -0.3 is 5.32 Å². The minimum atomic E-state index is 0.719. The number of aromatic nitrogens is 3. The van der Waals surface area contributed by atoms with E-state index in [0.717, 1.165) is 30.0 Å². The fourth-order valence-electron chi connectivity index (χ4n) is 1.95. The minimum Gasteiger partial charge on any atom is -0.306 e. The van der Waals surface area contributed by atoms with Crippen molar-refractivity contribution < 1.29 is 0 Å². The van der Waals surface area contributed by atoms with Crippen LogP contribution in [-0.4, -0.2) is 15.0 Å². The fourth-order valence-corrected chi connectivity index (χ4v) is 1.95. The van der Waals surface area contributed by atoms with E-state index in [1.807, 2.05) is 24.3 Å². The fraction of sp³-hybridized carbons (Fsp3) is 0.133. The minimum absolute atomic E-state index is 0.719. The van der Waals surface area contributed by atoms with Crippen molar-refractivity contribution in [1.82, 2.24) is 20.3 Å². The van der Waals surface area contributed by atoms with E-state index in [9.17, 15) is 0 Å². The molecule has 4 heteroatoms. The average Bonchev–Trinajstić information content (AvgIpc) is 2.48. The van der Waals surface area contributed by atoms with Gasteiger partial charge in [0.15, 0.2) is 0 Å². The molecule has 0 saturated heterocycles. The zero-order valence-corrected chi connectivity index (χ0v) is 10.5. The van der Waals surface area contributed by atoms with Crippen LogP contribution in [-0.2, 0) is 13.1 Å². The van der Waals surface area contributed by atoms with Crippen molar-refractivity contribution in [3.05, 3.63) is 66.4 Å². The maximum absolute atomic E-state index is 4.61. The highest BCUT2D eigenvalue weighted by atomic mass is 14.9. The summed E-state index contributed by atoms with van der Waals surface area (Å²) in [6.45, 7) is 1.45.